The first-order chi connectivity index (χ1) is 12.2. The number of methoxy groups -OCH3 is 1. The van der Waals surface area contributed by atoms with Crippen LogP contribution in [0.25, 0.3) is 16.6 Å². The summed E-state index contributed by atoms with van der Waals surface area (Å²) in [7, 11) is 1.22. The zero-order chi connectivity index (χ0) is 19.5. The summed E-state index contributed by atoms with van der Waals surface area (Å²) in [6.07, 6.45) is 1.57. The Balaban J connectivity index is 2.55. The molecule has 0 fully saturated rings. The summed E-state index contributed by atoms with van der Waals surface area (Å²) in [6, 6.07) is 7.26. The molecule has 0 saturated heterocycles. The maximum atomic E-state index is 12.2. The Morgan fingerprint density at radius 3 is 2.42 bits per heavy atom. The van der Waals surface area contributed by atoms with E-state index in [1.807, 2.05) is 24.3 Å². The Bertz CT molecular complexity index is 887. The number of aromatic nitrogens is 1. The van der Waals surface area contributed by atoms with Crippen LogP contribution >= 0.6 is 0 Å². The number of para-hydroxylation sites is 1. The number of ether oxygens (including phenoxy) is 2. The highest BCUT2D eigenvalue weighted by Gasteiger charge is 2.23. The van der Waals surface area contributed by atoms with Crippen LogP contribution in [0.1, 0.15) is 38.1 Å². The van der Waals surface area contributed by atoms with Gasteiger partial charge in [0.2, 0.25) is 0 Å². The summed E-state index contributed by atoms with van der Waals surface area (Å²) in [5.41, 5.74) is 0.803. The number of nitrogens with zero attached hydrogens (tertiary/aromatic N) is 1. The summed E-state index contributed by atoms with van der Waals surface area (Å²) in [5, 5.41) is 3.19. The normalized spacial score (nSPS) is 12.3. The van der Waals surface area contributed by atoms with E-state index in [0.29, 0.717) is 11.3 Å². The molecule has 2 aromatic rings. The quantitative estimate of drug-likeness (QED) is 0.515. The Morgan fingerprint density at radius 2 is 1.85 bits per heavy atom. The second-order valence-electron chi connectivity index (χ2n) is 6.67. The van der Waals surface area contributed by atoms with Crippen molar-refractivity contribution in [3.05, 3.63) is 41.7 Å². The lowest BCUT2D eigenvalue weighted by Crippen LogP contribution is -2.35. The molecule has 1 aromatic carbocycles. The molecule has 0 aliphatic heterocycles. The van der Waals surface area contributed by atoms with Gasteiger partial charge in [-0.05, 0) is 33.8 Å². The number of carbonyl (C=O) groups is 3. The van der Waals surface area contributed by atoms with Crippen LogP contribution in [0.4, 0.5) is 4.79 Å². The first-order valence-corrected chi connectivity index (χ1v) is 8.02. The number of fused-ring (bicyclic) bond motifs is 1. The second-order valence-corrected chi connectivity index (χ2v) is 6.67. The van der Waals surface area contributed by atoms with E-state index >= 15 is 0 Å². The Kier molecular flexibility index (Phi) is 5.50. The number of allylic oxidation sites excluding steroid dienone is 1. The molecule has 1 N–H and O–H groups in total. The monoisotopic (exact) mass is 358 g/mol. The molecular weight excluding hydrogens is 336 g/mol. The molecule has 0 aliphatic rings. The number of carbonyl (C=O) groups excluding carboxylic acids is 3. The van der Waals surface area contributed by atoms with E-state index < -0.39 is 17.7 Å². The second kappa shape index (κ2) is 7.43. The smallest absolute Gasteiger partial charge is 0.412 e. The van der Waals surface area contributed by atoms with Gasteiger partial charge in [-0.15, -0.1) is 0 Å². The highest BCUT2D eigenvalue weighted by atomic mass is 16.6. The van der Waals surface area contributed by atoms with Gasteiger partial charge in [0.05, 0.1) is 18.3 Å². The summed E-state index contributed by atoms with van der Waals surface area (Å²) >= 11 is 0. The van der Waals surface area contributed by atoms with Gasteiger partial charge >= 0.3 is 12.1 Å². The number of benzene rings is 1. The maximum Gasteiger partial charge on any atom is 0.412 e. The number of alkyl carbamates (subject to hydrolysis) is 1. The van der Waals surface area contributed by atoms with Gasteiger partial charge in [0, 0.05) is 17.1 Å². The van der Waals surface area contributed by atoms with Gasteiger partial charge < -0.3 is 14.0 Å². The van der Waals surface area contributed by atoms with Gasteiger partial charge in [-0.2, -0.15) is 0 Å². The first kappa shape index (κ1) is 19.2. The van der Waals surface area contributed by atoms with Gasteiger partial charge in [0.1, 0.15) is 11.3 Å². The topological polar surface area (TPSA) is 86.6 Å². The van der Waals surface area contributed by atoms with E-state index in [4.69, 9.17) is 9.47 Å². The molecule has 7 heteroatoms. The van der Waals surface area contributed by atoms with E-state index in [9.17, 15) is 14.4 Å². The van der Waals surface area contributed by atoms with Crippen LogP contribution in [-0.2, 0) is 14.3 Å². The van der Waals surface area contributed by atoms with Crippen LogP contribution in [0, 0.1) is 0 Å². The van der Waals surface area contributed by atoms with Gasteiger partial charge in [0.15, 0.2) is 6.29 Å². The van der Waals surface area contributed by atoms with Crippen LogP contribution in [0.2, 0.25) is 0 Å². The maximum absolute atomic E-state index is 12.2. The summed E-state index contributed by atoms with van der Waals surface area (Å²) < 4.78 is 11.6. The zero-order valence-electron chi connectivity index (χ0n) is 15.5. The third-order valence-corrected chi connectivity index (χ3v) is 3.61. The van der Waals surface area contributed by atoms with Crippen molar-refractivity contribution >= 4 is 34.9 Å². The molecular formula is C19H22N2O5. The Hall–Kier alpha value is -3.09. The largest absolute Gasteiger partial charge is 0.464 e. The van der Waals surface area contributed by atoms with Crippen molar-refractivity contribution in [1.82, 2.24) is 9.88 Å². The predicted molar refractivity (Wildman–Crippen MR) is 97.6 cm³/mol. The molecule has 1 heterocycles. The zero-order valence-corrected chi connectivity index (χ0v) is 15.5. The number of hydrogen-bond acceptors (Lipinski definition) is 5. The van der Waals surface area contributed by atoms with Gasteiger partial charge in [-0.1, -0.05) is 18.2 Å². The third kappa shape index (κ3) is 4.11. The van der Waals surface area contributed by atoms with Crippen molar-refractivity contribution in [2.24, 2.45) is 0 Å². The molecule has 0 saturated carbocycles. The highest BCUT2D eigenvalue weighted by Crippen LogP contribution is 2.24. The van der Waals surface area contributed by atoms with E-state index in [1.165, 1.54) is 7.11 Å². The fourth-order valence-corrected chi connectivity index (χ4v) is 2.49. The number of hydrogen-bond donors (Lipinski definition) is 1. The van der Waals surface area contributed by atoms with Crippen LogP contribution < -0.4 is 5.32 Å². The van der Waals surface area contributed by atoms with Crippen molar-refractivity contribution in [2.45, 2.75) is 33.3 Å². The SMILES string of the molecule is COC(=O)/C(NC(=O)OC(C)(C)C)=C(\C)n1cc(C=O)c2ccccc21. The minimum absolute atomic E-state index is 0.0695. The summed E-state index contributed by atoms with van der Waals surface area (Å²) in [4.78, 5) is 35.7. The van der Waals surface area contributed by atoms with Crippen molar-refractivity contribution in [3.8, 4) is 0 Å². The van der Waals surface area contributed by atoms with Gasteiger partial charge in [-0.25, -0.2) is 9.59 Å². The average Bonchev–Trinajstić information content (AvgIpc) is 2.95. The van der Waals surface area contributed by atoms with Crippen LogP contribution in [-0.4, -0.2) is 35.6 Å². The van der Waals surface area contributed by atoms with Crippen molar-refractivity contribution in [2.75, 3.05) is 7.11 Å². The third-order valence-electron chi connectivity index (χ3n) is 3.61. The van der Waals surface area contributed by atoms with Crippen LogP contribution in [0.15, 0.2) is 36.2 Å². The lowest BCUT2D eigenvalue weighted by atomic mass is 10.2. The lowest BCUT2D eigenvalue weighted by Gasteiger charge is -2.21. The van der Waals surface area contributed by atoms with Crippen LogP contribution in [0.5, 0.6) is 0 Å². The van der Waals surface area contributed by atoms with Crippen molar-refractivity contribution in [3.63, 3.8) is 0 Å². The summed E-state index contributed by atoms with van der Waals surface area (Å²) in [5.74, 6) is -0.723. The number of aldehydes is 1. The number of rotatable bonds is 4. The van der Waals surface area contributed by atoms with E-state index in [0.717, 1.165) is 17.2 Å². The first-order valence-electron chi connectivity index (χ1n) is 8.02. The lowest BCUT2D eigenvalue weighted by molar-refractivity contribution is -0.136. The molecule has 0 radical (unpaired) electrons. The molecule has 26 heavy (non-hydrogen) atoms. The average molecular weight is 358 g/mol. The minimum Gasteiger partial charge on any atom is -0.464 e. The molecule has 0 aliphatic carbocycles. The molecule has 0 unspecified atom stereocenters. The minimum atomic E-state index is -0.774. The fraction of sp³-hybridized carbons (Fsp3) is 0.316. The van der Waals surface area contributed by atoms with Crippen molar-refractivity contribution < 1.29 is 23.9 Å². The molecule has 2 rings (SSSR count). The van der Waals surface area contributed by atoms with E-state index in [2.05, 4.69) is 5.32 Å². The number of esters is 1. The number of amides is 1. The molecule has 7 nitrogen and oxygen atoms in total. The van der Waals surface area contributed by atoms with Gasteiger partial charge in [-0.3, -0.25) is 10.1 Å². The molecule has 0 bridgehead atoms. The van der Waals surface area contributed by atoms with Crippen molar-refractivity contribution in [1.29, 1.82) is 0 Å². The standard InChI is InChI=1S/C19H22N2O5/c1-12(16(17(23)25-5)20-18(24)26-19(2,3)4)21-10-13(11-22)14-8-6-7-9-15(14)21/h6-11H,1-5H3,(H,20,24)/b16-12-. The molecule has 0 atom stereocenters. The molecule has 0 spiro atoms. The molecule has 1 aromatic heterocycles. The molecule has 1 amide bonds. The van der Waals surface area contributed by atoms with Crippen LogP contribution in [0.3, 0.4) is 0 Å². The predicted octanol–water partition coefficient (Wildman–Crippen LogP) is 3.34. The number of nitrogens with one attached hydrogen (secondary N) is 1. The molecule has 138 valence electrons. The van der Waals surface area contributed by atoms with E-state index in [1.54, 1.807) is 38.5 Å². The summed E-state index contributed by atoms with van der Waals surface area (Å²) in [6.45, 7) is 6.80. The fourth-order valence-electron chi connectivity index (χ4n) is 2.49. The highest BCUT2D eigenvalue weighted by molar-refractivity contribution is 6.02. The Morgan fingerprint density at radius 1 is 1.19 bits per heavy atom. The Labute approximate surface area is 151 Å². The van der Waals surface area contributed by atoms with E-state index in [-0.39, 0.29) is 5.70 Å². The van der Waals surface area contributed by atoms with Gasteiger partial charge in [0.25, 0.3) is 0 Å².